The molecule has 0 bridgehead atoms. The summed E-state index contributed by atoms with van der Waals surface area (Å²) in [7, 11) is -2.45. The summed E-state index contributed by atoms with van der Waals surface area (Å²) >= 11 is 6.89. The van der Waals surface area contributed by atoms with E-state index in [4.69, 9.17) is 16.3 Å². The van der Waals surface area contributed by atoms with E-state index in [-0.39, 0.29) is 27.7 Å². The second-order valence-corrected chi connectivity index (χ2v) is 12.5. The highest BCUT2D eigenvalue weighted by Crippen LogP contribution is 2.35. The highest BCUT2D eigenvalue weighted by molar-refractivity contribution is 7.94. The molecule has 0 fully saturated rings. The van der Waals surface area contributed by atoms with Gasteiger partial charge in [-0.2, -0.15) is 5.10 Å². The molecule has 5 rings (SSSR count). The Labute approximate surface area is 244 Å². The monoisotopic (exact) mass is 610 g/mol. The summed E-state index contributed by atoms with van der Waals surface area (Å²) in [5.74, 6) is -1.11. The van der Waals surface area contributed by atoms with Gasteiger partial charge in [-0.1, -0.05) is 54.1 Å². The van der Waals surface area contributed by atoms with Gasteiger partial charge < -0.3 is 15.2 Å². The van der Waals surface area contributed by atoms with Gasteiger partial charge in [0.15, 0.2) is 5.82 Å². The van der Waals surface area contributed by atoms with Crippen molar-refractivity contribution in [2.75, 3.05) is 11.8 Å². The minimum Gasteiger partial charge on any atom is -0.496 e. The molecule has 0 aliphatic heterocycles. The molecule has 210 valence electrons. The summed E-state index contributed by atoms with van der Waals surface area (Å²) in [6, 6.07) is 21.7. The molecule has 3 N–H and O–H groups in total. The van der Waals surface area contributed by atoms with Crippen molar-refractivity contribution in [2.24, 2.45) is 0 Å². The van der Waals surface area contributed by atoms with Crippen LogP contribution in [-0.2, 0) is 23.1 Å². The highest BCUT2D eigenvalue weighted by Gasteiger charge is 2.23. The van der Waals surface area contributed by atoms with Crippen LogP contribution >= 0.6 is 22.9 Å². The number of fused-ring (bicyclic) bond motifs is 1. The van der Waals surface area contributed by atoms with Gasteiger partial charge in [-0.15, -0.1) is 11.3 Å². The first kappa shape index (κ1) is 28.1. The van der Waals surface area contributed by atoms with E-state index in [0.29, 0.717) is 27.5 Å². The second kappa shape index (κ2) is 11.6. The van der Waals surface area contributed by atoms with Crippen LogP contribution in [0.5, 0.6) is 5.75 Å². The van der Waals surface area contributed by atoms with E-state index in [1.165, 1.54) is 31.4 Å². The fraction of sp³-hybridized carbons (Fsp3) is 0.107. The third-order valence-corrected chi connectivity index (χ3v) is 9.25. The van der Waals surface area contributed by atoms with Gasteiger partial charge in [0, 0.05) is 6.54 Å². The zero-order valence-corrected chi connectivity index (χ0v) is 23.9. The van der Waals surface area contributed by atoms with E-state index in [9.17, 15) is 23.1 Å². The van der Waals surface area contributed by atoms with E-state index in [0.717, 1.165) is 22.5 Å². The number of hydrogen-bond donors (Lipinski definition) is 3. The molecule has 2 heterocycles. The average Bonchev–Trinajstić information content (AvgIpc) is 3.55. The van der Waals surface area contributed by atoms with Gasteiger partial charge in [0.1, 0.15) is 9.96 Å². The van der Waals surface area contributed by atoms with E-state index >= 15 is 0 Å². The predicted molar refractivity (Wildman–Crippen MR) is 157 cm³/mol. The molecular formula is C28H23ClN4O6S2. The minimum absolute atomic E-state index is 0.0563. The molecular weight excluding hydrogens is 588 g/mol. The van der Waals surface area contributed by atoms with Crippen molar-refractivity contribution in [3.63, 3.8) is 0 Å². The average molecular weight is 611 g/mol. The molecule has 3 aromatic carbocycles. The molecule has 0 saturated heterocycles. The number of nitrogens with zero attached hydrogens (tertiary/aromatic N) is 2. The van der Waals surface area contributed by atoms with E-state index in [1.54, 1.807) is 28.9 Å². The number of sulfonamides is 1. The van der Waals surface area contributed by atoms with Gasteiger partial charge in [-0.3, -0.25) is 14.2 Å². The molecule has 0 atom stereocenters. The van der Waals surface area contributed by atoms with Crippen molar-refractivity contribution >= 4 is 61.6 Å². The molecule has 10 nitrogen and oxygen atoms in total. The first-order valence-corrected chi connectivity index (χ1v) is 14.8. The Morgan fingerprint density at radius 2 is 1.73 bits per heavy atom. The van der Waals surface area contributed by atoms with Crippen LogP contribution in [0, 0.1) is 0 Å². The number of aromatic carboxylic acids is 1. The number of amides is 1. The van der Waals surface area contributed by atoms with Crippen LogP contribution in [0.2, 0.25) is 4.34 Å². The zero-order valence-electron chi connectivity index (χ0n) is 21.5. The molecule has 0 unspecified atom stereocenters. The van der Waals surface area contributed by atoms with Crippen molar-refractivity contribution in [3.8, 4) is 5.75 Å². The molecule has 41 heavy (non-hydrogen) atoms. The Bertz CT molecular complexity index is 1880. The largest absolute Gasteiger partial charge is 0.496 e. The number of carbonyl (C=O) groups excluding carboxylic acids is 1. The summed E-state index contributed by atoms with van der Waals surface area (Å²) in [6.45, 7) is 0.461. The molecule has 13 heteroatoms. The normalized spacial score (nSPS) is 11.4. The lowest BCUT2D eigenvalue weighted by Crippen LogP contribution is -2.25. The zero-order chi connectivity index (χ0) is 29.1. The number of thiophene rings is 1. The van der Waals surface area contributed by atoms with Crippen LogP contribution in [0.3, 0.4) is 0 Å². The van der Waals surface area contributed by atoms with Gasteiger partial charge in [0.25, 0.3) is 15.9 Å². The van der Waals surface area contributed by atoms with Crippen LogP contribution < -0.4 is 14.8 Å². The van der Waals surface area contributed by atoms with Crippen LogP contribution in [0.4, 0.5) is 5.82 Å². The minimum atomic E-state index is -3.95. The number of aromatic nitrogens is 2. The van der Waals surface area contributed by atoms with E-state index in [1.807, 2.05) is 30.3 Å². The van der Waals surface area contributed by atoms with Crippen LogP contribution in [0.25, 0.3) is 10.9 Å². The number of carboxylic acids is 1. The Balaban J connectivity index is 1.40. The number of carboxylic acid groups (broad SMARTS) is 1. The number of benzene rings is 3. The number of hydrogen-bond acceptors (Lipinski definition) is 7. The highest BCUT2D eigenvalue weighted by atomic mass is 35.5. The summed E-state index contributed by atoms with van der Waals surface area (Å²) in [5, 5.41) is 17.2. The number of halogens is 1. The van der Waals surface area contributed by atoms with E-state index in [2.05, 4.69) is 15.1 Å². The molecule has 0 aliphatic carbocycles. The fourth-order valence-corrected chi connectivity index (χ4v) is 6.83. The SMILES string of the molecule is COc1cccc2c1c(NS(=O)(=O)c1ccc(Cl)s1)nn2Cc1cccc(CNC(=O)c2ccccc2C(=O)O)c1. The van der Waals surface area contributed by atoms with Gasteiger partial charge in [-0.05, 0) is 47.5 Å². The molecule has 0 spiro atoms. The van der Waals surface area contributed by atoms with Crippen LogP contribution in [0.15, 0.2) is 83.1 Å². The smallest absolute Gasteiger partial charge is 0.336 e. The molecule has 2 aromatic heterocycles. The first-order chi connectivity index (χ1) is 19.7. The Hall–Kier alpha value is -4.39. The Morgan fingerprint density at radius 3 is 2.44 bits per heavy atom. The lowest BCUT2D eigenvalue weighted by molar-refractivity contribution is 0.0691. The molecule has 0 radical (unpaired) electrons. The number of nitrogens with one attached hydrogen (secondary N) is 2. The third-order valence-electron chi connectivity index (χ3n) is 6.18. The fourth-order valence-electron chi connectivity index (χ4n) is 4.34. The lowest BCUT2D eigenvalue weighted by Gasteiger charge is -2.10. The van der Waals surface area contributed by atoms with Gasteiger partial charge in [0.2, 0.25) is 0 Å². The van der Waals surface area contributed by atoms with Crippen molar-refractivity contribution in [2.45, 2.75) is 17.3 Å². The van der Waals surface area contributed by atoms with Gasteiger partial charge in [0.05, 0.1) is 40.0 Å². The Kier molecular flexibility index (Phi) is 7.97. The molecule has 1 amide bonds. The predicted octanol–water partition coefficient (Wildman–Crippen LogP) is 5.24. The first-order valence-electron chi connectivity index (χ1n) is 12.2. The molecule has 5 aromatic rings. The summed E-state index contributed by atoms with van der Waals surface area (Å²) in [5.41, 5.74) is 2.28. The van der Waals surface area contributed by atoms with Crippen LogP contribution in [0.1, 0.15) is 31.8 Å². The number of methoxy groups -OCH3 is 1. The maximum atomic E-state index is 13.0. The summed E-state index contributed by atoms with van der Waals surface area (Å²) in [4.78, 5) is 24.1. The molecule has 0 saturated carbocycles. The third kappa shape index (κ3) is 6.04. The maximum Gasteiger partial charge on any atom is 0.336 e. The van der Waals surface area contributed by atoms with Crippen molar-refractivity contribution in [1.82, 2.24) is 15.1 Å². The number of carbonyl (C=O) groups is 2. The number of rotatable bonds is 10. The van der Waals surface area contributed by atoms with Crippen molar-refractivity contribution < 1.29 is 27.9 Å². The van der Waals surface area contributed by atoms with Gasteiger partial charge >= 0.3 is 5.97 Å². The topological polar surface area (TPSA) is 140 Å². The number of anilines is 1. The summed E-state index contributed by atoms with van der Waals surface area (Å²) < 4.78 is 36.2. The maximum absolute atomic E-state index is 13.0. The standard InChI is InChI=1S/C28H23ClN4O6S2/c1-39-22-11-5-10-21-25(22)26(32-41(37,38)24-13-12-23(29)40-24)31-33(21)16-18-7-4-6-17(14-18)15-30-27(34)19-8-2-3-9-20(19)28(35)36/h2-14H,15-16H2,1H3,(H,30,34)(H,31,32)(H,35,36). The number of ether oxygens (including phenoxy) is 1. The quantitative estimate of drug-likeness (QED) is 0.196. The van der Waals surface area contributed by atoms with E-state index < -0.39 is 21.9 Å². The van der Waals surface area contributed by atoms with Crippen molar-refractivity contribution in [3.05, 3.63) is 105 Å². The van der Waals surface area contributed by atoms with Gasteiger partial charge in [-0.25, -0.2) is 13.2 Å². The lowest BCUT2D eigenvalue weighted by atomic mass is 10.1. The van der Waals surface area contributed by atoms with Crippen LogP contribution in [-0.4, -0.2) is 42.3 Å². The van der Waals surface area contributed by atoms with Crippen molar-refractivity contribution in [1.29, 1.82) is 0 Å². The summed E-state index contributed by atoms with van der Waals surface area (Å²) in [6.07, 6.45) is 0. The second-order valence-electron chi connectivity index (χ2n) is 8.88. The Morgan fingerprint density at radius 1 is 1.00 bits per heavy atom. The molecule has 0 aliphatic rings.